The number of benzene rings is 2. The van der Waals surface area contributed by atoms with Crippen molar-refractivity contribution >= 4 is 6.08 Å². The Bertz CT molecular complexity index is 1120. The minimum atomic E-state index is -0.253. The van der Waals surface area contributed by atoms with Gasteiger partial charge in [-0.2, -0.15) is 5.10 Å². The van der Waals surface area contributed by atoms with Crippen LogP contribution in [0.15, 0.2) is 60.3 Å². The number of fused-ring (bicyclic) bond motifs is 2. The van der Waals surface area contributed by atoms with E-state index in [0.29, 0.717) is 0 Å². The van der Waals surface area contributed by atoms with Crippen LogP contribution in [0.5, 0.6) is 0 Å². The van der Waals surface area contributed by atoms with Gasteiger partial charge in [0.15, 0.2) is 0 Å². The lowest BCUT2D eigenvalue weighted by atomic mass is 9.57. The third-order valence-electron chi connectivity index (χ3n) is 7.16. The highest BCUT2D eigenvalue weighted by molar-refractivity contribution is 5.61. The summed E-state index contributed by atoms with van der Waals surface area (Å²) < 4.78 is 34.8. The Morgan fingerprint density at radius 2 is 1.74 bits per heavy atom. The second-order valence-corrected chi connectivity index (χ2v) is 8.91. The second-order valence-electron chi connectivity index (χ2n) is 8.91. The van der Waals surface area contributed by atoms with Gasteiger partial charge in [0.2, 0.25) is 0 Å². The number of aromatic nitrogens is 2. The molecule has 5 heteroatoms. The molecule has 2 aliphatic carbocycles. The maximum Gasteiger partial charge on any atom is 0.123 e. The van der Waals surface area contributed by atoms with Crippen LogP contribution in [0.2, 0.25) is 0 Å². The first kappa shape index (κ1) is 20.1. The van der Waals surface area contributed by atoms with Crippen LogP contribution in [0.25, 0.3) is 11.8 Å². The number of hydrogen-bond donors (Lipinski definition) is 0. The van der Waals surface area contributed by atoms with E-state index in [4.69, 9.17) is 4.74 Å². The van der Waals surface area contributed by atoms with Crippen molar-refractivity contribution in [2.24, 2.45) is 11.3 Å². The molecule has 2 aromatic carbocycles. The molecule has 2 aliphatic rings. The molecule has 3 nitrogen and oxygen atoms in total. The predicted molar refractivity (Wildman–Crippen MR) is 117 cm³/mol. The van der Waals surface area contributed by atoms with Crippen LogP contribution in [-0.2, 0) is 11.2 Å². The van der Waals surface area contributed by atoms with Crippen LogP contribution >= 0.6 is 0 Å². The lowest BCUT2D eigenvalue weighted by Crippen LogP contribution is -2.40. The van der Waals surface area contributed by atoms with E-state index in [-0.39, 0.29) is 29.1 Å². The van der Waals surface area contributed by atoms with Crippen molar-refractivity contribution in [3.05, 3.63) is 88.8 Å². The van der Waals surface area contributed by atoms with Crippen molar-refractivity contribution in [2.75, 3.05) is 7.11 Å². The molecule has 1 fully saturated rings. The summed E-state index contributed by atoms with van der Waals surface area (Å²) in [5, 5.41) is 4.62. The Hall–Kier alpha value is -2.79. The monoisotopic (exact) mass is 420 g/mol. The van der Waals surface area contributed by atoms with E-state index in [9.17, 15) is 8.78 Å². The molecule has 0 unspecified atom stereocenters. The number of nitrogens with zero attached hydrogens (tertiary/aromatic N) is 2. The van der Waals surface area contributed by atoms with Gasteiger partial charge in [0.25, 0.3) is 0 Å². The van der Waals surface area contributed by atoms with Gasteiger partial charge in [0.05, 0.1) is 23.7 Å². The van der Waals surface area contributed by atoms with Crippen LogP contribution in [-0.4, -0.2) is 16.9 Å². The number of hydrogen-bond acceptors (Lipinski definition) is 2. The van der Waals surface area contributed by atoms with Crippen molar-refractivity contribution < 1.29 is 13.5 Å². The Balaban J connectivity index is 1.53. The van der Waals surface area contributed by atoms with Gasteiger partial charge in [0.1, 0.15) is 11.6 Å². The largest absolute Gasteiger partial charge is 0.376 e. The van der Waals surface area contributed by atoms with Crippen molar-refractivity contribution in [1.82, 2.24) is 9.78 Å². The lowest BCUT2D eigenvalue weighted by molar-refractivity contribution is -0.0115. The third-order valence-corrected chi connectivity index (χ3v) is 7.16. The van der Waals surface area contributed by atoms with Gasteiger partial charge in [-0.05, 0) is 90.6 Å². The molecular formula is C26H26F2N2O. The highest BCUT2D eigenvalue weighted by Crippen LogP contribution is 2.55. The zero-order valence-electron chi connectivity index (χ0n) is 17.8. The molecule has 5 rings (SSSR count). The SMILES string of the molecule is CO[C@@H](c1ccc(F)cc1)[C@H]1CCCC2=Cc3c(cnn3-c3ccc(F)cc3)C[C@@]21C. The minimum Gasteiger partial charge on any atom is -0.376 e. The van der Waals surface area contributed by atoms with E-state index in [1.165, 1.54) is 35.4 Å². The van der Waals surface area contributed by atoms with Crippen LogP contribution in [0.3, 0.4) is 0 Å². The fourth-order valence-electron chi connectivity index (χ4n) is 5.54. The molecule has 0 saturated heterocycles. The quantitative estimate of drug-likeness (QED) is 0.496. The normalized spacial score (nSPS) is 23.6. The van der Waals surface area contributed by atoms with Gasteiger partial charge in [0, 0.05) is 7.11 Å². The molecule has 1 heterocycles. The summed E-state index contributed by atoms with van der Waals surface area (Å²) in [4.78, 5) is 0. The van der Waals surface area contributed by atoms with E-state index >= 15 is 0 Å². The maximum absolute atomic E-state index is 13.5. The Kier molecular flexibility index (Phi) is 5.01. The van der Waals surface area contributed by atoms with Crippen LogP contribution in [0.4, 0.5) is 8.78 Å². The summed E-state index contributed by atoms with van der Waals surface area (Å²) in [7, 11) is 1.75. The van der Waals surface area contributed by atoms with Crippen molar-refractivity contribution in [1.29, 1.82) is 0 Å². The standard InChI is InChI=1S/C26H26F2N2O/c1-26-15-18-16-29-30(22-12-10-21(28)11-13-22)24(18)14-19(26)4-3-5-23(26)25(31-2)17-6-8-20(27)9-7-17/h6-14,16,23,25H,3-5,15H2,1-2H3/t23-,25+,26+/m1/s1. The average Bonchev–Trinajstić information content (AvgIpc) is 3.17. The van der Waals surface area contributed by atoms with Crippen LogP contribution in [0, 0.1) is 23.0 Å². The zero-order valence-corrected chi connectivity index (χ0v) is 17.8. The first-order chi connectivity index (χ1) is 15.0. The van der Waals surface area contributed by atoms with Crippen LogP contribution < -0.4 is 0 Å². The summed E-state index contributed by atoms with van der Waals surface area (Å²) in [6.45, 7) is 2.33. The first-order valence-electron chi connectivity index (χ1n) is 10.8. The van der Waals surface area contributed by atoms with Gasteiger partial charge >= 0.3 is 0 Å². The molecule has 0 spiro atoms. The fourth-order valence-corrected chi connectivity index (χ4v) is 5.54. The van der Waals surface area contributed by atoms with Gasteiger partial charge in [-0.25, -0.2) is 13.5 Å². The maximum atomic E-state index is 13.5. The van der Waals surface area contributed by atoms with E-state index in [0.717, 1.165) is 42.6 Å². The molecule has 0 N–H and O–H groups in total. The minimum absolute atomic E-state index is 0.0586. The van der Waals surface area contributed by atoms with E-state index in [2.05, 4.69) is 18.1 Å². The first-order valence-corrected chi connectivity index (χ1v) is 10.8. The Labute approximate surface area is 181 Å². The summed E-state index contributed by atoms with van der Waals surface area (Å²) in [5.41, 5.74) is 5.49. The molecule has 3 aromatic rings. The van der Waals surface area contributed by atoms with Gasteiger partial charge < -0.3 is 4.74 Å². The molecule has 0 radical (unpaired) electrons. The molecule has 0 aliphatic heterocycles. The lowest BCUT2D eigenvalue weighted by Gasteiger charge is -2.48. The molecule has 1 saturated carbocycles. The molecule has 0 amide bonds. The van der Waals surface area contributed by atoms with Crippen LogP contribution in [0.1, 0.15) is 49.1 Å². The fraction of sp³-hybridized carbons (Fsp3) is 0.346. The van der Waals surface area contributed by atoms with Gasteiger partial charge in [-0.3, -0.25) is 0 Å². The number of methoxy groups -OCH3 is 1. The summed E-state index contributed by atoms with van der Waals surface area (Å²) in [6.07, 6.45) is 8.18. The molecule has 1 aromatic heterocycles. The summed E-state index contributed by atoms with van der Waals surface area (Å²) in [5.74, 6) is -0.202. The van der Waals surface area contributed by atoms with Gasteiger partial charge in [-0.15, -0.1) is 0 Å². The molecule has 0 bridgehead atoms. The third kappa shape index (κ3) is 3.41. The van der Waals surface area contributed by atoms with E-state index in [1.54, 1.807) is 19.2 Å². The summed E-state index contributed by atoms with van der Waals surface area (Å²) in [6, 6.07) is 13.1. The van der Waals surface area contributed by atoms with Crippen molar-refractivity contribution in [3.63, 3.8) is 0 Å². The second kappa shape index (κ2) is 7.72. The molecule has 31 heavy (non-hydrogen) atoms. The Morgan fingerprint density at radius 3 is 2.42 bits per heavy atom. The van der Waals surface area contributed by atoms with Crippen molar-refractivity contribution in [3.8, 4) is 5.69 Å². The average molecular weight is 421 g/mol. The highest BCUT2D eigenvalue weighted by Gasteiger charge is 2.47. The number of ether oxygens (including phenoxy) is 1. The topological polar surface area (TPSA) is 27.1 Å². The molecule has 3 atom stereocenters. The van der Waals surface area contributed by atoms with Crippen molar-refractivity contribution in [2.45, 2.75) is 38.7 Å². The van der Waals surface area contributed by atoms with E-state index in [1.807, 2.05) is 23.0 Å². The number of rotatable bonds is 4. The smallest absolute Gasteiger partial charge is 0.123 e. The highest BCUT2D eigenvalue weighted by atomic mass is 19.1. The number of allylic oxidation sites excluding steroid dienone is 1. The number of halogens is 2. The molecule has 160 valence electrons. The summed E-state index contributed by atoms with van der Waals surface area (Å²) >= 11 is 0. The van der Waals surface area contributed by atoms with Gasteiger partial charge in [-0.1, -0.05) is 24.6 Å². The molecular weight excluding hydrogens is 394 g/mol. The Morgan fingerprint density at radius 1 is 1.06 bits per heavy atom. The zero-order chi connectivity index (χ0) is 21.6. The predicted octanol–water partition coefficient (Wildman–Crippen LogP) is 6.28. The van der Waals surface area contributed by atoms with E-state index < -0.39 is 0 Å².